The molecule has 2 heterocycles. The molecule has 0 saturated carbocycles. The summed E-state index contributed by atoms with van der Waals surface area (Å²) in [6.45, 7) is 5.40. The molecule has 3 rings (SSSR count). The van der Waals surface area contributed by atoms with E-state index in [1.165, 1.54) is 0 Å². The van der Waals surface area contributed by atoms with Crippen LogP contribution in [0.25, 0.3) is 0 Å². The third-order valence-electron chi connectivity index (χ3n) is 4.49. The average molecular weight is 365 g/mol. The van der Waals surface area contributed by atoms with Crippen LogP contribution in [-0.4, -0.2) is 37.3 Å². The molecular weight excluding hydrogens is 342 g/mol. The third-order valence-corrected chi connectivity index (χ3v) is 4.49. The first kappa shape index (κ1) is 18.7. The van der Waals surface area contributed by atoms with E-state index >= 15 is 0 Å². The van der Waals surface area contributed by atoms with Crippen molar-refractivity contribution in [2.45, 2.75) is 19.5 Å². The lowest BCUT2D eigenvalue weighted by molar-refractivity contribution is 0.122. The third kappa shape index (κ3) is 5.19. The van der Waals surface area contributed by atoms with Gasteiger partial charge in [0.2, 0.25) is 0 Å². The summed E-state index contributed by atoms with van der Waals surface area (Å²) in [5.74, 6) is 0.906. The topological polar surface area (TPSA) is 90.3 Å². The number of pyridine rings is 1. The van der Waals surface area contributed by atoms with Gasteiger partial charge in [0, 0.05) is 25.8 Å². The van der Waals surface area contributed by atoms with Crippen LogP contribution in [0.1, 0.15) is 29.7 Å². The number of carbonyl (C=O) groups is 1. The molecule has 1 aliphatic heterocycles. The summed E-state index contributed by atoms with van der Waals surface area (Å²) < 4.78 is 5.37. The highest BCUT2D eigenvalue weighted by Crippen LogP contribution is 2.15. The van der Waals surface area contributed by atoms with E-state index in [-0.39, 0.29) is 12.1 Å². The van der Waals surface area contributed by atoms with Gasteiger partial charge in [-0.15, -0.1) is 0 Å². The zero-order valence-corrected chi connectivity index (χ0v) is 15.3. The fourth-order valence-corrected chi connectivity index (χ4v) is 2.90. The summed E-state index contributed by atoms with van der Waals surface area (Å²) in [6.07, 6.45) is 1.76. The highest BCUT2D eigenvalue weighted by atomic mass is 16.5. The smallest absolute Gasteiger partial charge is 0.315 e. The fraction of sp³-hybridized carbons (Fsp3) is 0.350. The van der Waals surface area contributed by atoms with Crippen molar-refractivity contribution >= 4 is 11.8 Å². The number of hydrogen-bond donors (Lipinski definition) is 2. The minimum absolute atomic E-state index is 0.154. The average Bonchev–Trinajstić information content (AvgIpc) is 2.73. The molecule has 140 valence electrons. The van der Waals surface area contributed by atoms with Crippen molar-refractivity contribution in [3.63, 3.8) is 0 Å². The van der Waals surface area contributed by atoms with Crippen LogP contribution >= 0.6 is 0 Å². The normalized spacial score (nSPS) is 14.9. The number of rotatable bonds is 5. The zero-order valence-electron chi connectivity index (χ0n) is 15.3. The van der Waals surface area contributed by atoms with Crippen LogP contribution in [0.3, 0.4) is 0 Å². The maximum absolute atomic E-state index is 12.2. The summed E-state index contributed by atoms with van der Waals surface area (Å²) in [5.41, 5.74) is 2.54. The van der Waals surface area contributed by atoms with Gasteiger partial charge in [-0.05, 0) is 42.3 Å². The second-order valence-corrected chi connectivity index (χ2v) is 6.40. The Morgan fingerprint density at radius 2 is 2.04 bits per heavy atom. The van der Waals surface area contributed by atoms with Crippen LogP contribution in [0.4, 0.5) is 10.6 Å². The van der Waals surface area contributed by atoms with Gasteiger partial charge in [-0.1, -0.05) is 12.1 Å². The first-order valence-electron chi connectivity index (χ1n) is 8.98. The van der Waals surface area contributed by atoms with Crippen LogP contribution < -0.4 is 15.5 Å². The zero-order chi connectivity index (χ0) is 19.1. The number of urea groups is 1. The largest absolute Gasteiger partial charge is 0.378 e. The Morgan fingerprint density at radius 3 is 2.74 bits per heavy atom. The Balaban J connectivity index is 1.51. The number of nitrogens with zero attached hydrogens (tertiary/aromatic N) is 3. The number of anilines is 1. The SMILES string of the molecule is CC(NC(=O)NCc1ccnc(N2CCOCC2)c1)c1ccc(C#N)cc1. The molecule has 1 aromatic heterocycles. The van der Waals surface area contributed by atoms with Crippen molar-refractivity contribution < 1.29 is 9.53 Å². The monoisotopic (exact) mass is 365 g/mol. The predicted octanol–water partition coefficient (Wildman–Crippen LogP) is 2.35. The molecule has 1 unspecified atom stereocenters. The van der Waals surface area contributed by atoms with Gasteiger partial charge in [0.15, 0.2) is 0 Å². The van der Waals surface area contributed by atoms with Crippen molar-refractivity contribution in [1.82, 2.24) is 15.6 Å². The van der Waals surface area contributed by atoms with Crippen molar-refractivity contribution in [2.75, 3.05) is 31.2 Å². The molecule has 0 aliphatic carbocycles. The molecule has 2 N–H and O–H groups in total. The lowest BCUT2D eigenvalue weighted by Crippen LogP contribution is -2.37. The van der Waals surface area contributed by atoms with Gasteiger partial charge in [0.25, 0.3) is 0 Å². The predicted molar refractivity (Wildman–Crippen MR) is 102 cm³/mol. The number of carbonyl (C=O) groups excluding carboxylic acids is 1. The van der Waals surface area contributed by atoms with E-state index in [4.69, 9.17) is 10.00 Å². The van der Waals surface area contributed by atoms with Gasteiger partial charge >= 0.3 is 6.03 Å². The first-order chi connectivity index (χ1) is 13.2. The molecule has 2 amide bonds. The van der Waals surface area contributed by atoms with E-state index in [0.29, 0.717) is 25.3 Å². The second-order valence-electron chi connectivity index (χ2n) is 6.40. The molecule has 7 heteroatoms. The summed E-state index contributed by atoms with van der Waals surface area (Å²) in [7, 11) is 0. The molecule has 1 aliphatic rings. The summed E-state index contributed by atoms with van der Waals surface area (Å²) in [5, 5.41) is 14.6. The molecule has 1 fully saturated rings. The van der Waals surface area contributed by atoms with Crippen molar-refractivity contribution in [3.8, 4) is 6.07 Å². The molecule has 0 bridgehead atoms. The van der Waals surface area contributed by atoms with E-state index in [9.17, 15) is 4.79 Å². The minimum Gasteiger partial charge on any atom is -0.378 e. The van der Waals surface area contributed by atoms with E-state index in [2.05, 4.69) is 26.6 Å². The van der Waals surface area contributed by atoms with Crippen LogP contribution in [0.15, 0.2) is 42.6 Å². The molecule has 0 spiro atoms. The quantitative estimate of drug-likeness (QED) is 0.849. The van der Waals surface area contributed by atoms with Crippen LogP contribution in [-0.2, 0) is 11.3 Å². The van der Waals surface area contributed by atoms with Crippen molar-refractivity contribution in [3.05, 3.63) is 59.3 Å². The Labute approximate surface area is 159 Å². The van der Waals surface area contributed by atoms with E-state index in [0.717, 1.165) is 30.0 Å². The molecule has 27 heavy (non-hydrogen) atoms. The van der Waals surface area contributed by atoms with Gasteiger partial charge in [-0.25, -0.2) is 9.78 Å². The van der Waals surface area contributed by atoms with E-state index < -0.39 is 0 Å². The summed E-state index contributed by atoms with van der Waals surface area (Å²) >= 11 is 0. The molecule has 2 aromatic rings. The van der Waals surface area contributed by atoms with Crippen molar-refractivity contribution in [1.29, 1.82) is 5.26 Å². The van der Waals surface area contributed by atoms with Crippen LogP contribution in [0.2, 0.25) is 0 Å². The highest BCUT2D eigenvalue weighted by Gasteiger charge is 2.13. The Morgan fingerprint density at radius 1 is 1.30 bits per heavy atom. The molecule has 1 aromatic carbocycles. The number of hydrogen-bond acceptors (Lipinski definition) is 5. The first-order valence-corrected chi connectivity index (χ1v) is 8.98. The maximum Gasteiger partial charge on any atom is 0.315 e. The summed E-state index contributed by atoms with van der Waals surface area (Å²) in [4.78, 5) is 18.8. The van der Waals surface area contributed by atoms with Gasteiger partial charge < -0.3 is 20.3 Å². The molecular formula is C20H23N5O2. The Kier molecular flexibility index (Phi) is 6.23. The Bertz CT molecular complexity index is 810. The lowest BCUT2D eigenvalue weighted by Gasteiger charge is -2.28. The number of ether oxygens (including phenoxy) is 1. The van der Waals surface area contributed by atoms with Crippen LogP contribution in [0.5, 0.6) is 0 Å². The summed E-state index contributed by atoms with van der Waals surface area (Å²) in [6, 6.07) is 12.8. The Hall–Kier alpha value is -3.11. The van der Waals surface area contributed by atoms with Crippen LogP contribution in [0, 0.1) is 11.3 Å². The molecule has 1 saturated heterocycles. The fourth-order valence-electron chi connectivity index (χ4n) is 2.90. The minimum atomic E-state index is -0.239. The number of benzene rings is 1. The standard InChI is InChI=1S/C20H23N5O2/c1-15(18-4-2-16(13-21)3-5-18)24-20(26)23-14-17-6-7-22-19(12-17)25-8-10-27-11-9-25/h2-7,12,15H,8-11,14H2,1H3,(H2,23,24,26). The number of nitrogens with one attached hydrogen (secondary N) is 2. The van der Waals surface area contributed by atoms with Gasteiger partial charge in [-0.3, -0.25) is 0 Å². The van der Waals surface area contributed by atoms with E-state index in [1.54, 1.807) is 18.3 Å². The van der Waals surface area contributed by atoms with Gasteiger partial charge in [-0.2, -0.15) is 5.26 Å². The molecule has 7 nitrogen and oxygen atoms in total. The maximum atomic E-state index is 12.2. The number of amides is 2. The number of nitriles is 1. The number of aromatic nitrogens is 1. The van der Waals surface area contributed by atoms with Gasteiger partial charge in [0.1, 0.15) is 5.82 Å². The number of morpholine rings is 1. The van der Waals surface area contributed by atoms with Gasteiger partial charge in [0.05, 0.1) is 30.9 Å². The van der Waals surface area contributed by atoms with Crippen molar-refractivity contribution in [2.24, 2.45) is 0 Å². The second kappa shape index (κ2) is 9.01. The molecule has 1 atom stereocenters. The molecule has 0 radical (unpaired) electrons. The lowest BCUT2D eigenvalue weighted by atomic mass is 10.1. The van der Waals surface area contributed by atoms with E-state index in [1.807, 2.05) is 31.2 Å². The highest BCUT2D eigenvalue weighted by molar-refractivity contribution is 5.74.